The molecule has 0 aliphatic rings. The molecule has 0 spiro atoms. The van der Waals surface area contributed by atoms with E-state index in [1.807, 2.05) is 13.8 Å². The van der Waals surface area contributed by atoms with E-state index in [0.717, 1.165) is 19.8 Å². The molecule has 1 atom stereocenters. The van der Waals surface area contributed by atoms with E-state index in [2.05, 4.69) is 10.4 Å². The second kappa shape index (κ2) is 8.21. The molecule has 1 amide bonds. The molecule has 1 unspecified atom stereocenters. The summed E-state index contributed by atoms with van der Waals surface area (Å²) in [6, 6.07) is 0. The molecule has 0 aliphatic heterocycles. The highest BCUT2D eigenvalue weighted by Crippen LogP contribution is 2.26. The number of thiophene rings is 1. The van der Waals surface area contributed by atoms with Crippen molar-refractivity contribution in [2.45, 2.75) is 33.4 Å². The van der Waals surface area contributed by atoms with Crippen LogP contribution in [0.3, 0.4) is 0 Å². The van der Waals surface area contributed by atoms with Crippen LogP contribution in [0.25, 0.3) is 10.1 Å². The van der Waals surface area contributed by atoms with Crippen LogP contribution in [0.4, 0.5) is 0 Å². The van der Waals surface area contributed by atoms with Gasteiger partial charge < -0.3 is 14.8 Å². The fraction of sp³-hybridized carbons (Fsp3) is 0.500. The summed E-state index contributed by atoms with van der Waals surface area (Å²) in [5.41, 5.74) is 0.550. The maximum Gasteiger partial charge on any atom is 0.328 e. The number of esters is 1. The Morgan fingerprint density at radius 2 is 2.12 bits per heavy atom. The zero-order valence-corrected chi connectivity index (χ0v) is 15.4. The zero-order chi connectivity index (χ0) is 18.6. The summed E-state index contributed by atoms with van der Waals surface area (Å²) in [7, 11) is 1.52. The number of hydrogen-bond acceptors (Lipinski definition) is 7. The smallest absolute Gasteiger partial charge is 0.328 e. The van der Waals surface area contributed by atoms with Gasteiger partial charge in [0, 0.05) is 18.5 Å². The van der Waals surface area contributed by atoms with Gasteiger partial charge in [-0.15, -0.1) is 11.3 Å². The van der Waals surface area contributed by atoms with Gasteiger partial charge in [0.2, 0.25) is 0 Å². The predicted molar refractivity (Wildman–Crippen MR) is 93.8 cm³/mol. The molecular formula is C16H21N3O5S. The molecule has 2 aromatic rings. The fourth-order valence-corrected chi connectivity index (χ4v) is 3.28. The lowest BCUT2D eigenvalue weighted by molar-refractivity contribution is -0.155. The number of nitrogens with one attached hydrogen (secondary N) is 1. The first-order valence-electron chi connectivity index (χ1n) is 7.77. The molecule has 0 fully saturated rings. The number of aryl methyl sites for hydroxylation is 2. The second-order valence-corrected chi connectivity index (χ2v) is 6.80. The van der Waals surface area contributed by atoms with Crippen LogP contribution in [0, 0.1) is 13.8 Å². The van der Waals surface area contributed by atoms with Crippen molar-refractivity contribution in [1.82, 2.24) is 15.1 Å². The summed E-state index contributed by atoms with van der Waals surface area (Å²) in [5.74, 6) is -1.13. The van der Waals surface area contributed by atoms with Crippen LogP contribution >= 0.6 is 11.3 Å². The van der Waals surface area contributed by atoms with Gasteiger partial charge in [-0.25, -0.2) is 4.68 Å². The third kappa shape index (κ3) is 4.43. The van der Waals surface area contributed by atoms with Crippen LogP contribution in [0.2, 0.25) is 0 Å². The molecule has 0 saturated heterocycles. The Bertz CT molecular complexity index is 842. The molecule has 9 heteroatoms. The molecule has 0 radical (unpaired) electrons. The summed E-state index contributed by atoms with van der Waals surface area (Å²) in [4.78, 5) is 37.3. The largest absolute Gasteiger partial charge is 0.451 e. The van der Waals surface area contributed by atoms with Crippen LogP contribution in [0.1, 0.15) is 17.4 Å². The van der Waals surface area contributed by atoms with Crippen LogP contribution in [-0.4, -0.2) is 48.0 Å². The van der Waals surface area contributed by atoms with E-state index in [1.54, 1.807) is 6.20 Å². The molecule has 0 aliphatic carbocycles. The van der Waals surface area contributed by atoms with Gasteiger partial charge in [0.1, 0.15) is 6.54 Å². The van der Waals surface area contributed by atoms with E-state index >= 15 is 0 Å². The average molecular weight is 367 g/mol. The van der Waals surface area contributed by atoms with Gasteiger partial charge in [0.05, 0.1) is 22.9 Å². The lowest BCUT2D eigenvalue weighted by atomic mass is 10.2. The lowest BCUT2D eigenvalue weighted by Gasteiger charge is -2.13. The Labute approximate surface area is 148 Å². The minimum Gasteiger partial charge on any atom is -0.451 e. The maximum absolute atomic E-state index is 12.5. The third-order valence-corrected chi connectivity index (χ3v) is 4.88. The normalized spacial score (nSPS) is 12.2. The standard InChI is InChI=1S/C16H21N3O5S/c1-9-11(3)25-12-7-18-19(16(22)14(9)12)8-13(20)24-10(2)15(21)17-5-6-23-4/h7,10H,5-6,8H2,1-4H3,(H,17,21). The highest BCUT2D eigenvalue weighted by Gasteiger charge is 2.19. The van der Waals surface area contributed by atoms with E-state index in [4.69, 9.17) is 9.47 Å². The molecule has 0 bridgehead atoms. The molecule has 1 N–H and O–H groups in total. The first-order valence-corrected chi connectivity index (χ1v) is 8.58. The van der Waals surface area contributed by atoms with Gasteiger partial charge in [0.15, 0.2) is 6.10 Å². The zero-order valence-electron chi connectivity index (χ0n) is 14.6. The molecule has 0 aromatic carbocycles. The van der Waals surface area contributed by atoms with Crippen molar-refractivity contribution >= 4 is 33.3 Å². The number of fused-ring (bicyclic) bond motifs is 1. The first-order chi connectivity index (χ1) is 11.8. The Hall–Kier alpha value is -2.26. The molecule has 2 heterocycles. The Morgan fingerprint density at radius 3 is 2.80 bits per heavy atom. The number of amides is 1. The van der Waals surface area contributed by atoms with Gasteiger partial charge in [-0.2, -0.15) is 5.10 Å². The van der Waals surface area contributed by atoms with Crippen molar-refractivity contribution in [3.8, 4) is 0 Å². The Kier molecular flexibility index (Phi) is 6.27. The molecule has 2 aromatic heterocycles. The second-order valence-electron chi connectivity index (χ2n) is 5.55. The van der Waals surface area contributed by atoms with E-state index in [-0.39, 0.29) is 12.1 Å². The van der Waals surface area contributed by atoms with Gasteiger partial charge >= 0.3 is 5.97 Å². The molecule has 136 valence electrons. The van der Waals surface area contributed by atoms with Crippen LogP contribution < -0.4 is 10.9 Å². The predicted octanol–water partition coefficient (Wildman–Crippen LogP) is 0.769. The van der Waals surface area contributed by atoms with Crippen LogP contribution in [0.15, 0.2) is 11.0 Å². The maximum atomic E-state index is 12.5. The van der Waals surface area contributed by atoms with Crippen molar-refractivity contribution in [2.24, 2.45) is 0 Å². The minimum atomic E-state index is -0.964. The Morgan fingerprint density at radius 1 is 1.40 bits per heavy atom. The van der Waals surface area contributed by atoms with E-state index in [1.165, 1.54) is 25.4 Å². The van der Waals surface area contributed by atoms with Gasteiger partial charge in [-0.3, -0.25) is 14.4 Å². The Balaban J connectivity index is 2.04. The van der Waals surface area contributed by atoms with E-state index < -0.39 is 18.0 Å². The average Bonchev–Trinajstić information content (AvgIpc) is 2.85. The van der Waals surface area contributed by atoms with Gasteiger partial charge in [-0.1, -0.05) is 0 Å². The van der Waals surface area contributed by atoms with Gasteiger partial charge in [0.25, 0.3) is 11.5 Å². The molecule has 2 rings (SSSR count). The molecule has 25 heavy (non-hydrogen) atoms. The van der Waals surface area contributed by atoms with Gasteiger partial charge in [-0.05, 0) is 26.3 Å². The molecule has 0 saturated carbocycles. The quantitative estimate of drug-likeness (QED) is 0.573. The summed E-state index contributed by atoms with van der Waals surface area (Å²) < 4.78 is 11.7. The number of carbonyl (C=O) groups is 2. The van der Waals surface area contributed by atoms with Crippen LogP contribution in [-0.2, 0) is 25.6 Å². The minimum absolute atomic E-state index is 0.325. The highest BCUT2D eigenvalue weighted by atomic mass is 32.1. The van der Waals surface area contributed by atoms with Crippen LogP contribution in [0.5, 0.6) is 0 Å². The topological polar surface area (TPSA) is 99.5 Å². The van der Waals surface area contributed by atoms with Crippen molar-refractivity contribution in [1.29, 1.82) is 0 Å². The number of aromatic nitrogens is 2. The fourth-order valence-electron chi connectivity index (χ4n) is 2.26. The third-order valence-electron chi connectivity index (χ3n) is 3.74. The number of hydrogen-bond donors (Lipinski definition) is 1. The SMILES string of the molecule is COCCNC(=O)C(C)OC(=O)Cn1ncc2sc(C)c(C)c2c1=O. The molecular weight excluding hydrogens is 346 g/mol. The molecule has 8 nitrogen and oxygen atoms in total. The number of nitrogens with zero attached hydrogens (tertiary/aromatic N) is 2. The van der Waals surface area contributed by atoms with Crippen molar-refractivity contribution in [3.05, 3.63) is 27.0 Å². The summed E-state index contributed by atoms with van der Waals surface area (Å²) in [5, 5.41) is 7.15. The number of carbonyl (C=O) groups excluding carboxylic acids is 2. The first kappa shape index (κ1) is 19.1. The lowest BCUT2D eigenvalue weighted by Crippen LogP contribution is -2.38. The summed E-state index contributed by atoms with van der Waals surface area (Å²) in [6.07, 6.45) is 0.601. The van der Waals surface area contributed by atoms with Crippen molar-refractivity contribution in [3.63, 3.8) is 0 Å². The number of methoxy groups -OCH3 is 1. The van der Waals surface area contributed by atoms with E-state index in [0.29, 0.717) is 18.5 Å². The van der Waals surface area contributed by atoms with Crippen molar-refractivity contribution in [2.75, 3.05) is 20.3 Å². The van der Waals surface area contributed by atoms with Crippen molar-refractivity contribution < 1.29 is 19.1 Å². The summed E-state index contributed by atoms with van der Waals surface area (Å²) in [6.45, 7) is 5.61. The highest BCUT2D eigenvalue weighted by molar-refractivity contribution is 7.19. The number of rotatable bonds is 7. The van der Waals surface area contributed by atoms with E-state index in [9.17, 15) is 14.4 Å². The summed E-state index contributed by atoms with van der Waals surface area (Å²) >= 11 is 1.49. The number of ether oxygens (including phenoxy) is 2. The monoisotopic (exact) mass is 367 g/mol.